The van der Waals surface area contributed by atoms with Gasteiger partial charge in [-0.3, -0.25) is 14.7 Å². The number of hydrogen-bond acceptors (Lipinski definition) is 4. The van der Waals surface area contributed by atoms with E-state index in [1.807, 2.05) is 45.0 Å². The zero-order chi connectivity index (χ0) is 25.5. The second kappa shape index (κ2) is 9.66. The maximum Gasteiger partial charge on any atom is 0.248 e. The maximum absolute atomic E-state index is 14.0. The molecule has 4 aliphatic rings. The summed E-state index contributed by atoms with van der Waals surface area (Å²) >= 11 is 0. The van der Waals surface area contributed by atoms with Crippen LogP contribution in [0.4, 0.5) is 0 Å². The molecule has 2 fully saturated rings. The van der Waals surface area contributed by atoms with Crippen LogP contribution < -0.4 is 10.1 Å². The first-order valence-corrected chi connectivity index (χ1v) is 13.5. The van der Waals surface area contributed by atoms with Gasteiger partial charge < -0.3 is 10.1 Å². The Kier molecular flexibility index (Phi) is 6.71. The highest BCUT2D eigenvalue weighted by atomic mass is 16.5. The van der Waals surface area contributed by atoms with Crippen molar-refractivity contribution in [3.63, 3.8) is 0 Å². The van der Waals surface area contributed by atoms with Gasteiger partial charge in [0, 0.05) is 43.7 Å². The number of ether oxygens (including phenoxy) is 1. The van der Waals surface area contributed by atoms with Crippen LogP contribution in [-0.2, 0) is 17.8 Å². The quantitative estimate of drug-likeness (QED) is 0.561. The number of amides is 1. The normalized spacial score (nSPS) is 29.1. The van der Waals surface area contributed by atoms with E-state index in [9.17, 15) is 4.79 Å². The smallest absolute Gasteiger partial charge is 0.248 e. The molecule has 36 heavy (non-hydrogen) atoms. The summed E-state index contributed by atoms with van der Waals surface area (Å²) in [4.78, 5) is 21.7. The van der Waals surface area contributed by atoms with E-state index >= 15 is 0 Å². The molecule has 2 aromatic rings. The first-order valence-electron chi connectivity index (χ1n) is 13.5. The van der Waals surface area contributed by atoms with E-state index in [1.54, 1.807) is 0 Å². The van der Waals surface area contributed by atoms with Gasteiger partial charge in [0.25, 0.3) is 0 Å². The number of carbonyl (C=O) groups is 1. The molecule has 3 aliphatic heterocycles. The fourth-order valence-corrected chi connectivity index (χ4v) is 6.71. The molecule has 1 N–H and O–H groups in total. The highest BCUT2D eigenvalue weighted by molar-refractivity contribution is 5.91. The number of nitrogens with one attached hydrogen (secondary N) is 1. The van der Waals surface area contributed by atoms with Crippen molar-refractivity contribution in [3.8, 4) is 5.75 Å². The first kappa shape index (κ1) is 25.0. The van der Waals surface area contributed by atoms with Crippen LogP contribution in [0.1, 0.15) is 52.2 Å². The second-order valence-electron chi connectivity index (χ2n) is 12.4. The molecule has 3 heterocycles. The minimum atomic E-state index is -0.694. The molecule has 192 valence electrons. The lowest BCUT2D eigenvalue weighted by Gasteiger charge is -2.51. The molecule has 1 aliphatic carbocycles. The Hall–Kier alpha value is -2.66. The van der Waals surface area contributed by atoms with E-state index in [2.05, 4.69) is 60.6 Å². The monoisotopic (exact) mass is 487 g/mol. The maximum atomic E-state index is 14.0. The SMILES string of the molecule is CC(C)CN1C[C@H]2C[C@]3(C(=O)NCc4ccc(OC(C)(C)C)cc4)N=C[C@H]2[C@H]1[C@@H]3Cc1ccccc1. The number of aliphatic imine (C=N–C) groups is 1. The Balaban J connectivity index is 1.37. The number of carbonyl (C=O) groups excluding carboxylic acids is 1. The van der Waals surface area contributed by atoms with E-state index in [-0.39, 0.29) is 17.4 Å². The third-order valence-electron chi connectivity index (χ3n) is 8.00. The van der Waals surface area contributed by atoms with Gasteiger partial charge in [0.15, 0.2) is 0 Å². The molecule has 0 aromatic heterocycles. The van der Waals surface area contributed by atoms with Gasteiger partial charge in [-0.1, -0.05) is 56.3 Å². The minimum Gasteiger partial charge on any atom is -0.488 e. The Bertz CT molecular complexity index is 1090. The summed E-state index contributed by atoms with van der Waals surface area (Å²) in [6.45, 7) is 13.4. The molecule has 4 bridgehead atoms. The summed E-state index contributed by atoms with van der Waals surface area (Å²) < 4.78 is 5.94. The van der Waals surface area contributed by atoms with Crippen molar-refractivity contribution in [1.82, 2.24) is 10.2 Å². The van der Waals surface area contributed by atoms with E-state index in [0.717, 1.165) is 37.2 Å². The zero-order valence-corrected chi connectivity index (χ0v) is 22.4. The van der Waals surface area contributed by atoms with Crippen LogP contribution in [0.25, 0.3) is 0 Å². The third kappa shape index (κ3) is 4.95. The van der Waals surface area contributed by atoms with E-state index in [4.69, 9.17) is 9.73 Å². The van der Waals surface area contributed by atoms with E-state index in [0.29, 0.717) is 30.3 Å². The summed E-state index contributed by atoms with van der Waals surface area (Å²) in [5, 5.41) is 3.28. The van der Waals surface area contributed by atoms with Gasteiger partial charge in [-0.15, -0.1) is 0 Å². The van der Waals surface area contributed by atoms with Crippen molar-refractivity contribution in [2.75, 3.05) is 13.1 Å². The van der Waals surface area contributed by atoms with Crippen LogP contribution in [0.5, 0.6) is 5.75 Å². The molecule has 5 heteroatoms. The predicted molar refractivity (Wildman–Crippen MR) is 145 cm³/mol. The summed E-state index contributed by atoms with van der Waals surface area (Å²) in [5.41, 5.74) is 1.43. The molecule has 1 amide bonds. The lowest BCUT2D eigenvalue weighted by atomic mass is 9.59. The summed E-state index contributed by atoms with van der Waals surface area (Å²) in [5.74, 6) is 2.67. The second-order valence-corrected chi connectivity index (χ2v) is 12.4. The fourth-order valence-electron chi connectivity index (χ4n) is 6.71. The van der Waals surface area contributed by atoms with Crippen molar-refractivity contribution in [2.24, 2.45) is 28.7 Å². The molecule has 0 radical (unpaired) electrons. The Labute approximate surface area is 216 Å². The number of rotatable bonds is 8. The fraction of sp³-hybridized carbons (Fsp3) is 0.548. The van der Waals surface area contributed by atoms with Crippen LogP contribution in [0.2, 0.25) is 0 Å². The van der Waals surface area contributed by atoms with Crippen LogP contribution in [-0.4, -0.2) is 47.3 Å². The molecular weight excluding hydrogens is 446 g/mol. The topological polar surface area (TPSA) is 53.9 Å². The molecule has 1 saturated heterocycles. The number of hydrogen-bond donors (Lipinski definition) is 1. The van der Waals surface area contributed by atoms with Crippen molar-refractivity contribution >= 4 is 12.1 Å². The highest BCUT2D eigenvalue weighted by Crippen LogP contribution is 2.54. The lowest BCUT2D eigenvalue weighted by molar-refractivity contribution is -0.132. The molecule has 1 saturated carbocycles. The summed E-state index contributed by atoms with van der Waals surface area (Å²) in [7, 11) is 0. The summed E-state index contributed by atoms with van der Waals surface area (Å²) in [6.07, 6.45) is 3.87. The average Bonchev–Trinajstić information content (AvgIpc) is 3.12. The van der Waals surface area contributed by atoms with Gasteiger partial charge >= 0.3 is 0 Å². The minimum absolute atomic E-state index is 0.0780. The van der Waals surface area contributed by atoms with Crippen molar-refractivity contribution in [1.29, 1.82) is 0 Å². The standard InChI is InChI=1S/C31H41N3O2/c1-21(2)19-34-20-24-16-31(27(28(34)26(24)18-33-31)15-22-9-7-6-8-10-22)29(35)32-17-23-11-13-25(14-12-23)36-30(3,4)5/h6-14,18,21,24,26-28H,15-17,19-20H2,1-5H3,(H,32,35)/t24-,26-,27+,28+,31+/m1/s1. The average molecular weight is 488 g/mol. The lowest BCUT2D eigenvalue weighted by Crippen LogP contribution is -2.64. The zero-order valence-electron chi connectivity index (χ0n) is 22.4. The van der Waals surface area contributed by atoms with Gasteiger partial charge in [0.1, 0.15) is 16.9 Å². The predicted octanol–water partition coefficient (Wildman–Crippen LogP) is 5.14. The van der Waals surface area contributed by atoms with Crippen LogP contribution in [0.3, 0.4) is 0 Å². The molecule has 0 unspecified atom stereocenters. The van der Waals surface area contributed by atoms with Crippen LogP contribution in [0, 0.1) is 23.7 Å². The van der Waals surface area contributed by atoms with Crippen molar-refractivity contribution < 1.29 is 9.53 Å². The third-order valence-corrected chi connectivity index (χ3v) is 8.00. The molecule has 5 nitrogen and oxygen atoms in total. The molecule has 2 aromatic carbocycles. The molecular formula is C31H41N3O2. The van der Waals surface area contributed by atoms with Gasteiger partial charge in [-0.25, -0.2) is 0 Å². The van der Waals surface area contributed by atoms with Crippen LogP contribution in [0.15, 0.2) is 59.6 Å². The number of benzene rings is 2. The highest BCUT2D eigenvalue weighted by Gasteiger charge is 2.63. The molecule has 5 atom stereocenters. The van der Waals surface area contributed by atoms with Gasteiger partial charge in [0.2, 0.25) is 5.91 Å². The van der Waals surface area contributed by atoms with E-state index < -0.39 is 5.54 Å². The Morgan fingerprint density at radius 3 is 2.50 bits per heavy atom. The number of likely N-dealkylation sites (tertiary alicyclic amines) is 1. The number of nitrogens with zero attached hydrogens (tertiary/aromatic N) is 2. The van der Waals surface area contributed by atoms with Crippen molar-refractivity contribution in [2.45, 2.75) is 71.2 Å². The summed E-state index contributed by atoms with van der Waals surface area (Å²) in [6, 6.07) is 19.1. The molecule has 6 rings (SSSR count). The van der Waals surface area contributed by atoms with Gasteiger partial charge in [0.05, 0.1) is 0 Å². The van der Waals surface area contributed by atoms with Crippen molar-refractivity contribution in [3.05, 3.63) is 65.7 Å². The molecule has 0 spiro atoms. The Morgan fingerprint density at radius 2 is 1.83 bits per heavy atom. The van der Waals surface area contributed by atoms with Crippen LogP contribution >= 0.6 is 0 Å². The Morgan fingerprint density at radius 1 is 1.11 bits per heavy atom. The first-order chi connectivity index (χ1) is 17.1. The van der Waals surface area contributed by atoms with E-state index in [1.165, 1.54) is 5.56 Å². The van der Waals surface area contributed by atoms with Gasteiger partial charge in [-0.2, -0.15) is 0 Å². The van der Waals surface area contributed by atoms with Gasteiger partial charge in [-0.05, 0) is 68.7 Å². The largest absolute Gasteiger partial charge is 0.488 e.